The summed E-state index contributed by atoms with van der Waals surface area (Å²) < 4.78 is 0.685. The highest BCUT2D eigenvalue weighted by molar-refractivity contribution is 9.10. The highest BCUT2D eigenvalue weighted by Crippen LogP contribution is 2.12. The van der Waals surface area contributed by atoms with E-state index in [1.165, 1.54) is 0 Å². The predicted molar refractivity (Wildman–Crippen MR) is 53.3 cm³/mol. The smallest absolute Gasteiger partial charge is 0.271 e. The number of nitrogens with two attached hydrogens (primary N) is 1. The standard InChI is InChI=1S/C8H10BrN3O/c9-6-2-1-4-11-7(6)8(13)12-5-3-10/h1-2,4H,3,5,10H2,(H,12,13). The Bertz CT molecular complexity index is 303. The number of hydrogen-bond acceptors (Lipinski definition) is 3. The summed E-state index contributed by atoms with van der Waals surface area (Å²) in [6.07, 6.45) is 1.57. The molecule has 0 radical (unpaired) electrons. The Morgan fingerprint density at radius 1 is 1.69 bits per heavy atom. The van der Waals surface area contributed by atoms with Gasteiger partial charge in [-0.1, -0.05) is 0 Å². The zero-order valence-electron chi connectivity index (χ0n) is 6.96. The van der Waals surface area contributed by atoms with E-state index >= 15 is 0 Å². The maximum absolute atomic E-state index is 11.4. The minimum absolute atomic E-state index is 0.210. The van der Waals surface area contributed by atoms with Crippen molar-refractivity contribution in [1.82, 2.24) is 10.3 Å². The van der Waals surface area contributed by atoms with Gasteiger partial charge in [-0.05, 0) is 28.1 Å². The van der Waals surface area contributed by atoms with E-state index in [2.05, 4.69) is 26.2 Å². The number of amides is 1. The Morgan fingerprint density at radius 3 is 3.08 bits per heavy atom. The lowest BCUT2D eigenvalue weighted by molar-refractivity contribution is 0.0949. The highest BCUT2D eigenvalue weighted by Gasteiger charge is 2.08. The molecule has 1 rings (SSSR count). The second kappa shape index (κ2) is 4.94. The van der Waals surface area contributed by atoms with Gasteiger partial charge in [-0.2, -0.15) is 0 Å². The van der Waals surface area contributed by atoms with E-state index in [9.17, 15) is 4.79 Å². The fourth-order valence-electron chi connectivity index (χ4n) is 0.822. The van der Waals surface area contributed by atoms with Crippen molar-refractivity contribution in [2.45, 2.75) is 0 Å². The van der Waals surface area contributed by atoms with Crippen molar-refractivity contribution in [3.63, 3.8) is 0 Å². The number of carbonyl (C=O) groups excluding carboxylic acids is 1. The maximum Gasteiger partial charge on any atom is 0.271 e. The number of rotatable bonds is 3. The number of nitrogens with zero attached hydrogens (tertiary/aromatic N) is 1. The van der Waals surface area contributed by atoms with Crippen LogP contribution in [0.4, 0.5) is 0 Å². The van der Waals surface area contributed by atoms with Crippen LogP contribution in [0, 0.1) is 0 Å². The average molecular weight is 244 g/mol. The molecule has 70 valence electrons. The minimum Gasteiger partial charge on any atom is -0.349 e. The Balaban J connectivity index is 2.71. The third-order valence-corrected chi connectivity index (χ3v) is 2.04. The lowest BCUT2D eigenvalue weighted by atomic mass is 10.3. The molecule has 1 amide bonds. The summed E-state index contributed by atoms with van der Waals surface area (Å²) in [4.78, 5) is 15.3. The third-order valence-electron chi connectivity index (χ3n) is 1.40. The highest BCUT2D eigenvalue weighted by atomic mass is 79.9. The van der Waals surface area contributed by atoms with Crippen LogP contribution in [0.3, 0.4) is 0 Å². The lowest BCUT2D eigenvalue weighted by Gasteiger charge is -2.03. The van der Waals surface area contributed by atoms with E-state index in [1.54, 1.807) is 18.3 Å². The first-order valence-corrected chi connectivity index (χ1v) is 4.64. The van der Waals surface area contributed by atoms with E-state index < -0.39 is 0 Å². The first-order valence-electron chi connectivity index (χ1n) is 3.84. The Hall–Kier alpha value is -0.940. The fraction of sp³-hybridized carbons (Fsp3) is 0.250. The van der Waals surface area contributed by atoms with Gasteiger partial charge >= 0.3 is 0 Å². The van der Waals surface area contributed by atoms with E-state index in [4.69, 9.17) is 5.73 Å². The van der Waals surface area contributed by atoms with Crippen molar-refractivity contribution >= 4 is 21.8 Å². The Morgan fingerprint density at radius 2 is 2.46 bits per heavy atom. The molecule has 0 aliphatic rings. The van der Waals surface area contributed by atoms with Crippen molar-refractivity contribution in [2.24, 2.45) is 5.73 Å². The second-order valence-electron chi connectivity index (χ2n) is 2.38. The molecule has 0 aliphatic carbocycles. The fourth-order valence-corrected chi connectivity index (χ4v) is 1.26. The number of aromatic nitrogens is 1. The number of nitrogens with one attached hydrogen (secondary N) is 1. The number of carbonyl (C=O) groups is 1. The molecular weight excluding hydrogens is 234 g/mol. The number of pyridine rings is 1. The van der Waals surface area contributed by atoms with E-state index in [0.717, 1.165) is 0 Å². The van der Waals surface area contributed by atoms with Crippen molar-refractivity contribution in [1.29, 1.82) is 0 Å². The van der Waals surface area contributed by atoms with Gasteiger partial charge in [0, 0.05) is 23.8 Å². The molecule has 0 saturated heterocycles. The first kappa shape index (κ1) is 10.1. The summed E-state index contributed by atoms with van der Waals surface area (Å²) in [5, 5.41) is 2.63. The molecule has 0 atom stereocenters. The molecule has 1 heterocycles. The summed E-state index contributed by atoms with van der Waals surface area (Å²) >= 11 is 3.23. The number of halogens is 1. The molecule has 1 aromatic rings. The maximum atomic E-state index is 11.4. The summed E-state index contributed by atoms with van der Waals surface area (Å²) in [5.74, 6) is -0.210. The van der Waals surface area contributed by atoms with Gasteiger partial charge in [0.2, 0.25) is 0 Å². The molecule has 5 heteroatoms. The Kier molecular flexibility index (Phi) is 3.85. The molecule has 3 N–H and O–H groups in total. The van der Waals surface area contributed by atoms with Crippen molar-refractivity contribution in [2.75, 3.05) is 13.1 Å². The molecular formula is C8H10BrN3O. The van der Waals surface area contributed by atoms with Gasteiger partial charge in [0.15, 0.2) is 0 Å². The molecule has 4 nitrogen and oxygen atoms in total. The number of hydrogen-bond donors (Lipinski definition) is 2. The van der Waals surface area contributed by atoms with Crippen LogP contribution in [-0.4, -0.2) is 24.0 Å². The second-order valence-corrected chi connectivity index (χ2v) is 3.23. The zero-order chi connectivity index (χ0) is 9.68. The van der Waals surface area contributed by atoms with Crippen LogP contribution in [0.2, 0.25) is 0 Å². The van der Waals surface area contributed by atoms with Crippen LogP contribution >= 0.6 is 15.9 Å². The van der Waals surface area contributed by atoms with E-state index in [0.29, 0.717) is 23.3 Å². The quantitative estimate of drug-likeness (QED) is 0.815. The van der Waals surface area contributed by atoms with Crippen LogP contribution in [0.5, 0.6) is 0 Å². The summed E-state index contributed by atoms with van der Waals surface area (Å²) in [6, 6.07) is 3.52. The van der Waals surface area contributed by atoms with Crippen molar-refractivity contribution in [3.05, 3.63) is 28.5 Å². The molecule has 1 aromatic heterocycles. The van der Waals surface area contributed by atoms with Crippen LogP contribution in [0.1, 0.15) is 10.5 Å². The van der Waals surface area contributed by atoms with Crippen LogP contribution in [0.15, 0.2) is 22.8 Å². The van der Waals surface area contributed by atoms with Gasteiger partial charge < -0.3 is 11.1 Å². The van der Waals surface area contributed by atoms with Crippen LogP contribution < -0.4 is 11.1 Å². The monoisotopic (exact) mass is 243 g/mol. The topological polar surface area (TPSA) is 68.0 Å². The summed E-state index contributed by atoms with van der Waals surface area (Å²) in [5.41, 5.74) is 5.63. The molecule has 0 fully saturated rings. The Labute approximate surface area is 84.7 Å². The normalized spacial score (nSPS) is 9.69. The lowest BCUT2D eigenvalue weighted by Crippen LogP contribution is -2.29. The van der Waals surface area contributed by atoms with Crippen LogP contribution in [0.25, 0.3) is 0 Å². The van der Waals surface area contributed by atoms with Gasteiger partial charge in [-0.25, -0.2) is 4.98 Å². The zero-order valence-corrected chi connectivity index (χ0v) is 8.54. The van der Waals surface area contributed by atoms with Crippen LogP contribution in [-0.2, 0) is 0 Å². The van der Waals surface area contributed by atoms with E-state index in [1.807, 2.05) is 0 Å². The minimum atomic E-state index is -0.210. The van der Waals surface area contributed by atoms with Gasteiger partial charge in [0.1, 0.15) is 5.69 Å². The predicted octanol–water partition coefficient (Wildman–Crippen LogP) is 0.533. The first-order chi connectivity index (χ1) is 6.25. The summed E-state index contributed by atoms with van der Waals surface area (Å²) in [7, 11) is 0. The molecule has 0 spiro atoms. The summed E-state index contributed by atoms with van der Waals surface area (Å²) in [6.45, 7) is 0.887. The molecule has 0 aromatic carbocycles. The van der Waals surface area contributed by atoms with Gasteiger partial charge in [0.05, 0.1) is 0 Å². The van der Waals surface area contributed by atoms with Gasteiger partial charge in [-0.3, -0.25) is 4.79 Å². The SMILES string of the molecule is NCCNC(=O)c1ncccc1Br. The van der Waals surface area contributed by atoms with E-state index in [-0.39, 0.29) is 5.91 Å². The third kappa shape index (κ3) is 2.78. The average Bonchev–Trinajstić information content (AvgIpc) is 2.15. The molecule has 0 saturated carbocycles. The largest absolute Gasteiger partial charge is 0.349 e. The molecule has 0 aliphatic heterocycles. The van der Waals surface area contributed by atoms with Crippen molar-refractivity contribution in [3.8, 4) is 0 Å². The van der Waals surface area contributed by atoms with Gasteiger partial charge in [0.25, 0.3) is 5.91 Å². The molecule has 13 heavy (non-hydrogen) atoms. The van der Waals surface area contributed by atoms with Crippen molar-refractivity contribution < 1.29 is 4.79 Å². The van der Waals surface area contributed by atoms with Gasteiger partial charge in [-0.15, -0.1) is 0 Å². The molecule has 0 unspecified atom stereocenters. The molecule has 0 bridgehead atoms.